The Kier molecular flexibility index (Phi) is 4.83. The van der Waals surface area contributed by atoms with Crippen molar-refractivity contribution in [2.45, 2.75) is 0 Å². The smallest absolute Gasteiger partial charge is 0.124 e. The summed E-state index contributed by atoms with van der Waals surface area (Å²) in [6.07, 6.45) is 0. The monoisotopic (exact) mass is 584 g/mol. The molecule has 0 atom stereocenters. The van der Waals surface area contributed by atoms with Crippen LogP contribution in [0.15, 0.2) is 22.5 Å². The van der Waals surface area contributed by atoms with E-state index in [0.29, 0.717) is 5.15 Å². The average molecular weight is 589 g/mol. The summed E-state index contributed by atoms with van der Waals surface area (Å²) < 4.78 is 8.65. The van der Waals surface area contributed by atoms with Gasteiger partial charge in [0.2, 0.25) is 0 Å². The molecule has 0 amide bonds. The molecule has 18 heavy (non-hydrogen) atoms. The fraction of sp³-hybridized carbons (Fsp3) is 0.200. The van der Waals surface area contributed by atoms with E-state index in [1.807, 2.05) is 23.2 Å². The summed E-state index contributed by atoms with van der Waals surface area (Å²) in [5.74, 6) is 0. The molecule has 0 aromatic carbocycles. The standard InChI is InChI=1S/C10H6Br5ClN2/c1-17-7(3(11)5(13)9(17)15)8-4(12)6(14)10(16)18(8)2/h1-2H3. The number of rotatable bonds is 1. The zero-order chi connectivity index (χ0) is 13.8. The highest BCUT2D eigenvalue weighted by Gasteiger charge is 2.25. The molecule has 2 rings (SSSR count). The molecule has 0 unspecified atom stereocenters. The summed E-state index contributed by atoms with van der Waals surface area (Å²) in [5.41, 5.74) is 2.02. The van der Waals surface area contributed by atoms with Gasteiger partial charge < -0.3 is 9.13 Å². The second kappa shape index (κ2) is 5.56. The van der Waals surface area contributed by atoms with Crippen LogP contribution in [0.4, 0.5) is 0 Å². The largest absolute Gasteiger partial charge is 0.335 e. The molecule has 2 aromatic heterocycles. The van der Waals surface area contributed by atoms with Crippen molar-refractivity contribution in [3.05, 3.63) is 27.6 Å². The maximum atomic E-state index is 6.24. The van der Waals surface area contributed by atoms with Crippen molar-refractivity contribution in [1.29, 1.82) is 0 Å². The highest BCUT2D eigenvalue weighted by Crippen LogP contribution is 2.47. The zero-order valence-electron chi connectivity index (χ0n) is 9.16. The molecule has 98 valence electrons. The normalized spacial score (nSPS) is 11.3. The molecule has 0 aliphatic rings. The molecule has 8 heteroatoms. The van der Waals surface area contributed by atoms with Crippen LogP contribution < -0.4 is 0 Å². The number of nitrogens with zero attached hydrogens (tertiary/aromatic N) is 2. The lowest BCUT2D eigenvalue weighted by Crippen LogP contribution is -1.98. The van der Waals surface area contributed by atoms with Gasteiger partial charge in [0.15, 0.2) is 0 Å². The van der Waals surface area contributed by atoms with E-state index in [2.05, 4.69) is 79.6 Å². The van der Waals surface area contributed by atoms with Gasteiger partial charge in [-0.2, -0.15) is 0 Å². The minimum absolute atomic E-state index is 0.650. The first kappa shape index (κ1) is 15.6. The molecule has 0 N–H and O–H groups in total. The zero-order valence-corrected chi connectivity index (χ0v) is 17.8. The number of halogens is 6. The minimum atomic E-state index is 0.650. The van der Waals surface area contributed by atoms with Crippen LogP contribution >= 0.6 is 91.3 Å². The fourth-order valence-corrected chi connectivity index (χ4v) is 4.83. The Hall–Kier alpha value is 1.25. The average Bonchev–Trinajstić information content (AvgIpc) is 2.64. The number of hydrogen-bond acceptors (Lipinski definition) is 0. The van der Waals surface area contributed by atoms with E-state index in [1.54, 1.807) is 0 Å². The van der Waals surface area contributed by atoms with Gasteiger partial charge in [-0.3, -0.25) is 0 Å². The van der Waals surface area contributed by atoms with Gasteiger partial charge in [-0.05, 0) is 79.6 Å². The molecule has 0 spiro atoms. The molecule has 0 aliphatic carbocycles. The summed E-state index contributed by atoms with van der Waals surface area (Å²) >= 11 is 24.0. The molecule has 2 aromatic rings. The third-order valence-electron chi connectivity index (χ3n) is 2.65. The predicted molar refractivity (Wildman–Crippen MR) is 93.3 cm³/mol. The van der Waals surface area contributed by atoms with Crippen molar-refractivity contribution in [3.63, 3.8) is 0 Å². The quantitative estimate of drug-likeness (QED) is 0.360. The molecule has 0 bridgehead atoms. The van der Waals surface area contributed by atoms with Crippen LogP contribution in [0.2, 0.25) is 5.15 Å². The van der Waals surface area contributed by atoms with Crippen LogP contribution in [0, 0.1) is 0 Å². The summed E-state index contributed by atoms with van der Waals surface area (Å²) in [6, 6.07) is 0. The van der Waals surface area contributed by atoms with Gasteiger partial charge in [-0.1, -0.05) is 11.6 Å². The van der Waals surface area contributed by atoms with Gasteiger partial charge in [0.05, 0.1) is 29.3 Å². The summed E-state index contributed by atoms with van der Waals surface area (Å²) in [7, 11) is 3.91. The van der Waals surface area contributed by atoms with E-state index < -0.39 is 0 Å². The molecule has 0 fully saturated rings. The molecule has 0 saturated carbocycles. The van der Waals surface area contributed by atoms with Crippen molar-refractivity contribution in [3.8, 4) is 11.4 Å². The highest BCUT2D eigenvalue weighted by atomic mass is 79.9. The van der Waals surface area contributed by atoms with Gasteiger partial charge in [-0.25, -0.2) is 0 Å². The van der Waals surface area contributed by atoms with Crippen molar-refractivity contribution in [1.82, 2.24) is 9.13 Å². The third kappa shape index (κ3) is 2.22. The fourth-order valence-electron chi connectivity index (χ4n) is 1.70. The van der Waals surface area contributed by atoms with Crippen LogP contribution in [0.5, 0.6) is 0 Å². The SMILES string of the molecule is Cn1c(Cl)c(Br)c(Br)c1-c1c(Br)c(Br)c(Br)n1C. The van der Waals surface area contributed by atoms with Crippen molar-refractivity contribution < 1.29 is 0 Å². The van der Waals surface area contributed by atoms with Crippen LogP contribution in [-0.4, -0.2) is 9.13 Å². The van der Waals surface area contributed by atoms with Gasteiger partial charge in [0, 0.05) is 14.1 Å². The van der Waals surface area contributed by atoms with Crippen LogP contribution in [0.1, 0.15) is 0 Å². The summed E-state index contributed by atoms with van der Waals surface area (Å²) in [5, 5.41) is 0.650. The molecule has 2 heterocycles. The number of hydrogen-bond donors (Lipinski definition) is 0. The van der Waals surface area contributed by atoms with E-state index in [9.17, 15) is 0 Å². The summed E-state index contributed by atoms with van der Waals surface area (Å²) in [6.45, 7) is 0. The molecule has 0 radical (unpaired) electrons. The topological polar surface area (TPSA) is 9.86 Å². The molecular weight excluding hydrogens is 583 g/mol. The van der Waals surface area contributed by atoms with Gasteiger partial charge in [0.1, 0.15) is 9.76 Å². The Bertz CT molecular complexity index is 536. The molecule has 0 saturated heterocycles. The lowest BCUT2D eigenvalue weighted by atomic mass is 10.3. The van der Waals surface area contributed by atoms with Crippen LogP contribution in [0.25, 0.3) is 11.4 Å². The van der Waals surface area contributed by atoms with E-state index in [-0.39, 0.29) is 0 Å². The summed E-state index contributed by atoms with van der Waals surface area (Å²) in [4.78, 5) is 0. The van der Waals surface area contributed by atoms with E-state index in [1.165, 1.54) is 0 Å². The predicted octanol–water partition coefficient (Wildman–Crippen LogP) is 6.50. The molecular formula is C10H6Br5ClN2. The Balaban J connectivity index is 2.86. The second-order valence-electron chi connectivity index (χ2n) is 3.65. The van der Waals surface area contributed by atoms with Crippen molar-refractivity contribution in [2.24, 2.45) is 14.1 Å². The van der Waals surface area contributed by atoms with E-state index >= 15 is 0 Å². The lowest BCUT2D eigenvalue weighted by molar-refractivity contribution is 0.868. The Morgan fingerprint density at radius 3 is 1.50 bits per heavy atom. The van der Waals surface area contributed by atoms with E-state index in [4.69, 9.17) is 11.6 Å². The second-order valence-corrected chi connectivity index (χ2v) is 7.93. The Labute approximate surface area is 152 Å². The first-order valence-electron chi connectivity index (χ1n) is 4.67. The number of aromatic nitrogens is 2. The minimum Gasteiger partial charge on any atom is -0.335 e. The lowest BCUT2D eigenvalue weighted by Gasteiger charge is -2.08. The first-order valence-corrected chi connectivity index (χ1v) is 9.02. The van der Waals surface area contributed by atoms with Gasteiger partial charge >= 0.3 is 0 Å². The van der Waals surface area contributed by atoms with E-state index in [0.717, 1.165) is 33.9 Å². The first-order chi connectivity index (χ1) is 8.29. The maximum absolute atomic E-state index is 6.24. The van der Waals surface area contributed by atoms with Crippen LogP contribution in [0.3, 0.4) is 0 Å². The molecule has 2 nitrogen and oxygen atoms in total. The van der Waals surface area contributed by atoms with Crippen molar-refractivity contribution >= 4 is 91.3 Å². The Morgan fingerprint density at radius 2 is 1.17 bits per heavy atom. The van der Waals surface area contributed by atoms with Crippen LogP contribution in [-0.2, 0) is 14.1 Å². The highest BCUT2D eigenvalue weighted by molar-refractivity contribution is 9.14. The Morgan fingerprint density at radius 1 is 0.722 bits per heavy atom. The van der Waals surface area contributed by atoms with Gasteiger partial charge in [0.25, 0.3) is 0 Å². The van der Waals surface area contributed by atoms with Gasteiger partial charge in [-0.15, -0.1) is 0 Å². The third-order valence-corrected chi connectivity index (χ3v) is 8.93. The maximum Gasteiger partial charge on any atom is 0.124 e. The molecule has 0 aliphatic heterocycles. The van der Waals surface area contributed by atoms with Crippen molar-refractivity contribution in [2.75, 3.05) is 0 Å².